The van der Waals surface area contributed by atoms with Gasteiger partial charge in [0.25, 0.3) is 0 Å². The predicted octanol–water partition coefficient (Wildman–Crippen LogP) is 2.18. The molecule has 1 aliphatic heterocycles. The minimum atomic E-state index is -0.254. The number of hydrogen-bond donors (Lipinski definition) is 2. The molecule has 30 heavy (non-hydrogen) atoms. The summed E-state index contributed by atoms with van der Waals surface area (Å²) in [7, 11) is 0. The summed E-state index contributed by atoms with van der Waals surface area (Å²) in [5.74, 6) is -0.0926. The molecular weight excluding hydrogens is 384 g/mol. The van der Waals surface area contributed by atoms with Crippen LogP contribution in [0.15, 0.2) is 18.3 Å². The van der Waals surface area contributed by atoms with Crippen LogP contribution in [0.4, 0.5) is 5.82 Å². The number of ether oxygens (including phenoxy) is 1. The molecule has 1 atom stereocenters. The van der Waals surface area contributed by atoms with Gasteiger partial charge in [-0.1, -0.05) is 12.8 Å². The smallest absolute Gasteiger partial charge is 0.239 e. The van der Waals surface area contributed by atoms with Crippen molar-refractivity contribution in [3.05, 3.63) is 23.9 Å². The summed E-state index contributed by atoms with van der Waals surface area (Å²) in [5.41, 5.74) is 0.998. The molecule has 1 saturated heterocycles. The summed E-state index contributed by atoms with van der Waals surface area (Å²) in [6, 6.07) is 3.71. The maximum absolute atomic E-state index is 12.9. The molecule has 1 unspecified atom stereocenters. The lowest BCUT2D eigenvalue weighted by Crippen LogP contribution is -2.46. The second kappa shape index (κ2) is 11.1. The highest BCUT2D eigenvalue weighted by Gasteiger charge is 2.29. The molecule has 1 saturated carbocycles. The van der Waals surface area contributed by atoms with E-state index in [0.717, 1.165) is 50.7 Å². The number of aryl methyl sites for hydroxylation is 1. The van der Waals surface area contributed by atoms with Crippen molar-refractivity contribution in [2.75, 3.05) is 25.0 Å². The number of carbonyl (C=O) groups is 3. The molecule has 3 amide bonds. The topological polar surface area (TPSA) is 101 Å². The van der Waals surface area contributed by atoms with Crippen molar-refractivity contribution in [2.24, 2.45) is 0 Å². The average Bonchev–Trinajstić information content (AvgIpc) is 3.43. The quantitative estimate of drug-likeness (QED) is 0.643. The van der Waals surface area contributed by atoms with Gasteiger partial charge in [-0.05, 0) is 50.3 Å². The van der Waals surface area contributed by atoms with Crippen molar-refractivity contribution in [1.82, 2.24) is 15.2 Å². The largest absolute Gasteiger partial charge is 0.376 e. The van der Waals surface area contributed by atoms with Gasteiger partial charge in [0.05, 0.1) is 12.6 Å². The number of carbonyl (C=O) groups excluding carboxylic acids is 3. The minimum Gasteiger partial charge on any atom is -0.376 e. The van der Waals surface area contributed by atoms with E-state index in [1.807, 2.05) is 13.0 Å². The zero-order chi connectivity index (χ0) is 21.3. The maximum atomic E-state index is 12.9. The van der Waals surface area contributed by atoms with E-state index in [1.165, 1.54) is 0 Å². The van der Waals surface area contributed by atoms with Gasteiger partial charge < -0.3 is 20.3 Å². The Morgan fingerprint density at radius 3 is 2.63 bits per heavy atom. The molecule has 1 aromatic rings. The van der Waals surface area contributed by atoms with Crippen molar-refractivity contribution in [1.29, 1.82) is 0 Å². The lowest BCUT2D eigenvalue weighted by molar-refractivity contribution is -0.139. The van der Waals surface area contributed by atoms with Crippen LogP contribution in [-0.4, -0.2) is 59.4 Å². The third kappa shape index (κ3) is 6.79. The fraction of sp³-hybridized carbons (Fsp3) is 0.636. The Kier molecular flexibility index (Phi) is 8.19. The van der Waals surface area contributed by atoms with Gasteiger partial charge in [-0.25, -0.2) is 4.98 Å². The molecule has 2 N–H and O–H groups in total. The first-order valence-electron chi connectivity index (χ1n) is 10.9. The zero-order valence-corrected chi connectivity index (χ0v) is 17.7. The Balaban J connectivity index is 1.49. The summed E-state index contributed by atoms with van der Waals surface area (Å²) in [4.78, 5) is 43.3. The molecule has 8 nitrogen and oxygen atoms in total. The standard InChI is InChI=1S/C22H32N4O4/c1-16-10-11-23-19(13-16)25-20(27)8-9-22(29)26(17-5-2-3-6-17)15-21(28)24-14-18-7-4-12-30-18/h10-11,13,17-18H,2-9,12,14-15H2,1H3,(H,24,28)(H,23,25,27). The monoisotopic (exact) mass is 416 g/mol. The first-order chi connectivity index (χ1) is 14.5. The van der Waals surface area contributed by atoms with Gasteiger partial charge in [0.1, 0.15) is 5.82 Å². The number of anilines is 1. The zero-order valence-electron chi connectivity index (χ0n) is 17.7. The predicted molar refractivity (Wildman–Crippen MR) is 113 cm³/mol. The summed E-state index contributed by atoms with van der Waals surface area (Å²) < 4.78 is 5.53. The Bertz CT molecular complexity index is 742. The molecule has 0 bridgehead atoms. The van der Waals surface area contributed by atoms with Gasteiger partial charge in [0.2, 0.25) is 17.7 Å². The van der Waals surface area contributed by atoms with Gasteiger partial charge >= 0.3 is 0 Å². The van der Waals surface area contributed by atoms with Crippen LogP contribution in [0.2, 0.25) is 0 Å². The fourth-order valence-corrected chi connectivity index (χ4v) is 4.05. The van der Waals surface area contributed by atoms with Crippen LogP contribution >= 0.6 is 0 Å². The van der Waals surface area contributed by atoms with E-state index in [1.54, 1.807) is 17.2 Å². The summed E-state index contributed by atoms with van der Waals surface area (Å²) >= 11 is 0. The van der Waals surface area contributed by atoms with E-state index in [9.17, 15) is 14.4 Å². The van der Waals surface area contributed by atoms with Crippen LogP contribution < -0.4 is 10.6 Å². The van der Waals surface area contributed by atoms with Crippen molar-refractivity contribution in [3.63, 3.8) is 0 Å². The highest BCUT2D eigenvalue weighted by atomic mass is 16.5. The lowest BCUT2D eigenvalue weighted by Gasteiger charge is -2.28. The molecule has 0 spiro atoms. The Morgan fingerprint density at radius 2 is 1.93 bits per heavy atom. The maximum Gasteiger partial charge on any atom is 0.239 e. The Labute approximate surface area is 177 Å². The van der Waals surface area contributed by atoms with E-state index in [0.29, 0.717) is 12.4 Å². The van der Waals surface area contributed by atoms with E-state index in [2.05, 4.69) is 15.6 Å². The van der Waals surface area contributed by atoms with Crippen LogP contribution in [0.3, 0.4) is 0 Å². The van der Waals surface area contributed by atoms with Crippen LogP contribution in [-0.2, 0) is 19.1 Å². The van der Waals surface area contributed by atoms with Crippen LogP contribution in [0.5, 0.6) is 0 Å². The van der Waals surface area contributed by atoms with Gasteiger partial charge in [0.15, 0.2) is 0 Å². The third-order valence-electron chi connectivity index (χ3n) is 5.70. The molecular formula is C22H32N4O4. The van der Waals surface area contributed by atoms with Gasteiger partial charge in [-0.3, -0.25) is 14.4 Å². The first-order valence-corrected chi connectivity index (χ1v) is 10.9. The van der Waals surface area contributed by atoms with Gasteiger partial charge in [-0.2, -0.15) is 0 Å². The van der Waals surface area contributed by atoms with E-state index in [-0.39, 0.29) is 49.3 Å². The second-order valence-electron chi connectivity index (χ2n) is 8.17. The van der Waals surface area contributed by atoms with Crippen LogP contribution in [0.25, 0.3) is 0 Å². The molecule has 1 aliphatic carbocycles. The van der Waals surface area contributed by atoms with Crippen LogP contribution in [0, 0.1) is 6.92 Å². The molecule has 0 aromatic carbocycles. The van der Waals surface area contributed by atoms with Crippen molar-refractivity contribution in [3.8, 4) is 0 Å². The Morgan fingerprint density at radius 1 is 1.13 bits per heavy atom. The SMILES string of the molecule is Cc1ccnc(NC(=O)CCC(=O)N(CC(=O)NCC2CCCO2)C2CCCC2)c1. The fourth-order valence-electron chi connectivity index (χ4n) is 4.05. The summed E-state index contributed by atoms with van der Waals surface area (Å²) in [6.07, 6.45) is 7.76. The van der Waals surface area contributed by atoms with Crippen molar-refractivity contribution >= 4 is 23.5 Å². The Hall–Kier alpha value is -2.48. The van der Waals surface area contributed by atoms with Gasteiger partial charge in [0, 0.05) is 38.2 Å². The van der Waals surface area contributed by atoms with E-state index in [4.69, 9.17) is 4.74 Å². The molecule has 0 radical (unpaired) electrons. The highest BCUT2D eigenvalue weighted by molar-refractivity contribution is 5.93. The lowest BCUT2D eigenvalue weighted by atomic mass is 10.1. The normalized spacial score (nSPS) is 18.9. The number of amides is 3. The molecule has 2 fully saturated rings. The summed E-state index contributed by atoms with van der Waals surface area (Å²) in [5, 5.41) is 5.62. The average molecular weight is 417 g/mol. The number of nitrogens with one attached hydrogen (secondary N) is 2. The van der Waals surface area contributed by atoms with Crippen molar-refractivity contribution in [2.45, 2.75) is 70.4 Å². The number of pyridine rings is 1. The van der Waals surface area contributed by atoms with E-state index < -0.39 is 0 Å². The molecule has 2 aliphatic rings. The summed E-state index contributed by atoms with van der Waals surface area (Å²) in [6.45, 7) is 3.19. The molecule has 3 rings (SSSR count). The van der Waals surface area contributed by atoms with Gasteiger partial charge in [-0.15, -0.1) is 0 Å². The number of hydrogen-bond acceptors (Lipinski definition) is 5. The molecule has 2 heterocycles. The van der Waals surface area contributed by atoms with Crippen molar-refractivity contribution < 1.29 is 19.1 Å². The highest BCUT2D eigenvalue weighted by Crippen LogP contribution is 2.24. The number of nitrogens with zero attached hydrogens (tertiary/aromatic N) is 2. The number of rotatable bonds is 9. The first kappa shape index (κ1) is 22.2. The minimum absolute atomic E-state index is 0.0390. The molecule has 1 aromatic heterocycles. The second-order valence-corrected chi connectivity index (χ2v) is 8.17. The van der Waals surface area contributed by atoms with Crippen LogP contribution in [0.1, 0.15) is 56.9 Å². The third-order valence-corrected chi connectivity index (χ3v) is 5.70. The molecule has 164 valence electrons. The molecule has 8 heteroatoms. The number of aromatic nitrogens is 1. The van der Waals surface area contributed by atoms with E-state index >= 15 is 0 Å².